The Morgan fingerprint density at radius 1 is 1.42 bits per heavy atom. The van der Waals surface area contributed by atoms with E-state index in [1.807, 2.05) is 0 Å². The van der Waals surface area contributed by atoms with Crippen LogP contribution in [0.4, 0.5) is 0 Å². The monoisotopic (exact) mass is 262 g/mol. The third-order valence-corrected chi connectivity index (χ3v) is 3.77. The highest BCUT2D eigenvalue weighted by atomic mass is 16.3. The van der Waals surface area contributed by atoms with Gasteiger partial charge in [-0.05, 0) is 56.7 Å². The molecule has 0 bridgehead atoms. The van der Waals surface area contributed by atoms with Gasteiger partial charge in [-0.25, -0.2) is 0 Å². The van der Waals surface area contributed by atoms with Crippen molar-refractivity contribution in [2.75, 3.05) is 0 Å². The number of nitrogens with one attached hydrogen (secondary N) is 1. The molecular formula is C15H22N2O2. The molecule has 1 aliphatic rings. The second-order valence-corrected chi connectivity index (χ2v) is 5.96. The van der Waals surface area contributed by atoms with Crippen molar-refractivity contribution in [3.05, 3.63) is 29.8 Å². The molecule has 0 aromatic heterocycles. The summed E-state index contributed by atoms with van der Waals surface area (Å²) in [7, 11) is 0. The molecule has 4 N–H and O–H groups in total. The number of carbonyl (C=O) groups is 1. The van der Waals surface area contributed by atoms with Crippen LogP contribution in [0.5, 0.6) is 5.75 Å². The molecule has 1 amide bonds. The maximum Gasteiger partial charge on any atom is 0.237 e. The van der Waals surface area contributed by atoms with Gasteiger partial charge in [0, 0.05) is 5.54 Å². The standard InChI is InChI=1S/C15H22N2O2/c1-15(2,11-5-6-11)17-14(19)13(16)9-10-3-7-12(18)8-4-10/h3-4,7-8,11,13,18H,5-6,9,16H2,1-2H3,(H,17,19). The lowest BCUT2D eigenvalue weighted by molar-refractivity contribution is -0.124. The van der Waals surface area contributed by atoms with Gasteiger partial charge < -0.3 is 16.2 Å². The van der Waals surface area contributed by atoms with Gasteiger partial charge in [0.05, 0.1) is 6.04 Å². The van der Waals surface area contributed by atoms with E-state index in [-0.39, 0.29) is 17.2 Å². The Morgan fingerprint density at radius 2 is 2.00 bits per heavy atom. The molecule has 1 saturated carbocycles. The lowest BCUT2D eigenvalue weighted by atomic mass is 9.97. The van der Waals surface area contributed by atoms with Gasteiger partial charge in [-0.1, -0.05) is 12.1 Å². The first-order chi connectivity index (χ1) is 8.88. The highest BCUT2D eigenvalue weighted by Crippen LogP contribution is 2.39. The van der Waals surface area contributed by atoms with Crippen molar-refractivity contribution in [1.29, 1.82) is 0 Å². The number of hydrogen-bond donors (Lipinski definition) is 3. The molecule has 0 saturated heterocycles. The maximum atomic E-state index is 12.1. The zero-order valence-electron chi connectivity index (χ0n) is 11.5. The summed E-state index contributed by atoms with van der Waals surface area (Å²) in [6, 6.07) is 6.23. The van der Waals surface area contributed by atoms with E-state index in [9.17, 15) is 9.90 Å². The van der Waals surface area contributed by atoms with E-state index in [1.165, 1.54) is 12.8 Å². The van der Waals surface area contributed by atoms with Crippen LogP contribution in [0.2, 0.25) is 0 Å². The molecule has 1 aliphatic carbocycles. The largest absolute Gasteiger partial charge is 0.508 e. The van der Waals surface area contributed by atoms with Crippen LogP contribution in [0.25, 0.3) is 0 Å². The van der Waals surface area contributed by atoms with E-state index in [0.29, 0.717) is 12.3 Å². The van der Waals surface area contributed by atoms with Crippen LogP contribution in [-0.2, 0) is 11.2 Å². The summed E-state index contributed by atoms with van der Waals surface area (Å²) < 4.78 is 0. The Morgan fingerprint density at radius 3 is 2.53 bits per heavy atom. The molecule has 2 rings (SSSR count). The first-order valence-corrected chi connectivity index (χ1v) is 6.74. The van der Waals surface area contributed by atoms with E-state index in [2.05, 4.69) is 19.2 Å². The van der Waals surface area contributed by atoms with Gasteiger partial charge in [-0.3, -0.25) is 4.79 Å². The van der Waals surface area contributed by atoms with Crippen LogP contribution in [0.15, 0.2) is 24.3 Å². The van der Waals surface area contributed by atoms with Crippen LogP contribution in [-0.4, -0.2) is 22.6 Å². The molecule has 4 nitrogen and oxygen atoms in total. The second-order valence-electron chi connectivity index (χ2n) is 5.96. The number of phenolic OH excluding ortho intramolecular Hbond substituents is 1. The summed E-state index contributed by atoms with van der Waals surface area (Å²) in [5.41, 5.74) is 6.73. The summed E-state index contributed by atoms with van der Waals surface area (Å²) in [5, 5.41) is 12.2. The Kier molecular flexibility index (Phi) is 3.80. The number of amides is 1. The number of rotatable bonds is 5. The fourth-order valence-electron chi connectivity index (χ4n) is 2.30. The molecule has 1 aromatic rings. The Bertz CT molecular complexity index is 450. The number of phenols is 1. The lowest BCUT2D eigenvalue weighted by Gasteiger charge is -2.28. The van der Waals surface area contributed by atoms with Gasteiger partial charge in [-0.15, -0.1) is 0 Å². The number of benzene rings is 1. The minimum absolute atomic E-state index is 0.107. The third-order valence-electron chi connectivity index (χ3n) is 3.77. The van der Waals surface area contributed by atoms with Gasteiger partial charge in [0.1, 0.15) is 5.75 Å². The predicted molar refractivity (Wildman–Crippen MR) is 74.7 cm³/mol. The summed E-state index contributed by atoms with van der Waals surface area (Å²) in [4.78, 5) is 12.1. The van der Waals surface area contributed by atoms with Gasteiger partial charge in [0.25, 0.3) is 0 Å². The average molecular weight is 262 g/mol. The van der Waals surface area contributed by atoms with E-state index >= 15 is 0 Å². The van der Waals surface area contributed by atoms with Crippen LogP contribution in [0.1, 0.15) is 32.3 Å². The molecule has 0 radical (unpaired) electrons. The molecule has 0 heterocycles. The fourth-order valence-corrected chi connectivity index (χ4v) is 2.30. The van der Waals surface area contributed by atoms with Crippen molar-refractivity contribution in [2.24, 2.45) is 11.7 Å². The van der Waals surface area contributed by atoms with Crippen LogP contribution < -0.4 is 11.1 Å². The normalized spacial score (nSPS) is 17.0. The van der Waals surface area contributed by atoms with E-state index < -0.39 is 6.04 Å². The Hall–Kier alpha value is -1.55. The molecule has 0 aliphatic heterocycles. The van der Waals surface area contributed by atoms with Crippen molar-refractivity contribution >= 4 is 5.91 Å². The van der Waals surface area contributed by atoms with Gasteiger partial charge in [0.15, 0.2) is 0 Å². The number of hydrogen-bond acceptors (Lipinski definition) is 3. The lowest BCUT2D eigenvalue weighted by Crippen LogP contribution is -2.52. The quantitative estimate of drug-likeness (QED) is 0.754. The van der Waals surface area contributed by atoms with E-state index in [1.54, 1.807) is 24.3 Å². The van der Waals surface area contributed by atoms with Crippen LogP contribution >= 0.6 is 0 Å². The van der Waals surface area contributed by atoms with E-state index in [0.717, 1.165) is 5.56 Å². The van der Waals surface area contributed by atoms with Crippen molar-refractivity contribution in [3.8, 4) is 5.75 Å². The molecule has 1 atom stereocenters. The molecule has 19 heavy (non-hydrogen) atoms. The zero-order valence-corrected chi connectivity index (χ0v) is 11.5. The number of carbonyl (C=O) groups excluding carboxylic acids is 1. The molecule has 1 aromatic carbocycles. The maximum absolute atomic E-state index is 12.1. The van der Waals surface area contributed by atoms with Gasteiger partial charge in [0.2, 0.25) is 5.91 Å². The molecule has 104 valence electrons. The van der Waals surface area contributed by atoms with Gasteiger partial charge >= 0.3 is 0 Å². The summed E-state index contributed by atoms with van der Waals surface area (Å²) >= 11 is 0. The van der Waals surface area contributed by atoms with Crippen LogP contribution in [0, 0.1) is 5.92 Å². The molecule has 1 fully saturated rings. The minimum atomic E-state index is -0.553. The molecular weight excluding hydrogens is 240 g/mol. The highest BCUT2D eigenvalue weighted by molar-refractivity contribution is 5.82. The summed E-state index contributed by atoms with van der Waals surface area (Å²) in [5.74, 6) is 0.693. The van der Waals surface area contributed by atoms with Crippen molar-refractivity contribution in [1.82, 2.24) is 5.32 Å². The number of nitrogens with two attached hydrogens (primary N) is 1. The van der Waals surface area contributed by atoms with Crippen molar-refractivity contribution < 1.29 is 9.90 Å². The molecule has 0 spiro atoms. The van der Waals surface area contributed by atoms with Crippen molar-refractivity contribution in [2.45, 2.75) is 44.7 Å². The zero-order chi connectivity index (χ0) is 14.0. The Labute approximate surface area is 114 Å². The van der Waals surface area contributed by atoms with E-state index in [4.69, 9.17) is 5.73 Å². The topological polar surface area (TPSA) is 75.4 Å². The smallest absolute Gasteiger partial charge is 0.237 e. The predicted octanol–water partition coefficient (Wildman–Crippen LogP) is 1.57. The summed E-state index contributed by atoms with van der Waals surface area (Å²) in [6.45, 7) is 4.10. The number of aromatic hydroxyl groups is 1. The minimum Gasteiger partial charge on any atom is -0.508 e. The van der Waals surface area contributed by atoms with Crippen molar-refractivity contribution in [3.63, 3.8) is 0 Å². The average Bonchev–Trinajstić information content (AvgIpc) is 3.15. The van der Waals surface area contributed by atoms with Gasteiger partial charge in [-0.2, -0.15) is 0 Å². The Balaban J connectivity index is 1.90. The third kappa shape index (κ3) is 3.70. The second kappa shape index (κ2) is 5.21. The fraction of sp³-hybridized carbons (Fsp3) is 0.533. The first kappa shape index (κ1) is 13.9. The molecule has 1 unspecified atom stereocenters. The summed E-state index contributed by atoms with van der Waals surface area (Å²) in [6.07, 6.45) is 2.84. The SMILES string of the molecule is CC(C)(NC(=O)C(N)Cc1ccc(O)cc1)C1CC1. The molecule has 4 heteroatoms. The first-order valence-electron chi connectivity index (χ1n) is 6.74. The van der Waals surface area contributed by atoms with Crippen LogP contribution in [0.3, 0.4) is 0 Å². The highest BCUT2D eigenvalue weighted by Gasteiger charge is 2.39.